The first-order chi connectivity index (χ1) is 15.2. The van der Waals surface area contributed by atoms with Crippen molar-refractivity contribution >= 4 is 43.2 Å². The fourth-order valence-corrected chi connectivity index (χ4v) is 4.69. The molecule has 0 spiro atoms. The minimum absolute atomic E-state index is 0.00120. The number of anilines is 2. The number of nitrogens with zero attached hydrogens (tertiary/aromatic N) is 2. The predicted octanol–water partition coefficient (Wildman–Crippen LogP) is 3.91. The van der Waals surface area contributed by atoms with E-state index in [2.05, 4.69) is 26.6 Å². The average molecular weight is 497 g/mol. The van der Waals surface area contributed by atoms with Crippen molar-refractivity contribution in [3.05, 3.63) is 65.8 Å². The van der Waals surface area contributed by atoms with Gasteiger partial charge in [0.25, 0.3) is 20.0 Å². The Morgan fingerprint density at radius 2 is 1.41 bits per heavy atom. The molecule has 0 radical (unpaired) electrons. The highest BCUT2D eigenvalue weighted by atomic mass is 35.5. The average Bonchev–Trinajstić information content (AvgIpc) is 2.76. The second-order valence-electron chi connectivity index (χ2n) is 6.65. The highest BCUT2D eigenvalue weighted by Crippen LogP contribution is 2.22. The summed E-state index contributed by atoms with van der Waals surface area (Å²) in [6, 6.07) is 14.1. The van der Waals surface area contributed by atoms with E-state index >= 15 is 0 Å². The smallest absolute Gasteiger partial charge is 0.263 e. The molecule has 3 aromatic rings. The predicted molar refractivity (Wildman–Crippen MR) is 122 cm³/mol. The zero-order valence-corrected chi connectivity index (χ0v) is 19.4. The van der Waals surface area contributed by atoms with Crippen molar-refractivity contribution in [1.29, 1.82) is 0 Å². The van der Waals surface area contributed by atoms with Gasteiger partial charge < -0.3 is 4.74 Å². The molecule has 0 amide bonds. The summed E-state index contributed by atoms with van der Waals surface area (Å²) in [7, 11) is -7.80. The summed E-state index contributed by atoms with van der Waals surface area (Å²) in [4.78, 5) is -0.0224. The number of aromatic nitrogens is 2. The normalized spacial score (nSPS) is 11.7. The Morgan fingerprint density at radius 3 is 1.97 bits per heavy atom. The SMILES string of the molecule is CCCCOc1ccc(S(=O)(=O)Nc2ccc(S(=O)(=O)Nc3ccc(Cl)nn3)cc2)cc1. The molecule has 0 unspecified atom stereocenters. The van der Waals surface area contributed by atoms with E-state index in [1.807, 2.05) is 0 Å². The van der Waals surface area contributed by atoms with Gasteiger partial charge in [0.15, 0.2) is 11.0 Å². The summed E-state index contributed by atoms with van der Waals surface area (Å²) in [5.41, 5.74) is 0.207. The maximum Gasteiger partial charge on any atom is 0.263 e. The van der Waals surface area contributed by atoms with Crippen LogP contribution < -0.4 is 14.2 Å². The third-order valence-electron chi connectivity index (χ3n) is 4.19. The maximum absolute atomic E-state index is 12.6. The lowest BCUT2D eigenvalue weighted by Gasteiger charge is -2.11. The van der Waals surface area contributed by atoms with Crippen molar-refractivity contribution in [2.24, 2.45) is 0 Å². The highest BCUT2D eigenvalue weighted by molar-refractivity contribution is 7.93. The Balaban J connectivity index is 1.68. The van der Waals surface area contributed by atoms with Crippen LogP contribution in [-0.2, 0) is 20.0 Å². The molecule has 1 heterocycles. The monoisotopic (exact) mass is 496 g/mol. The molecular weight excluding hydrogens is 476 g/mol. The van der Waals surface area contributed by atoms with Gasteiger partial charge in [-0.3, -0.25) is 9.44 Å². The third kappa shape index (κ3) is 6.31. The molecule has 1 aromatic heterocycles. The molecule has 0 aliphatic rings. The summed E-state index contributed by atoms with van der Waals surface area (Å²) in [5.74, 6) is 0.589. The second-order valence-corrected chi connectivity index (χ2v) is 10.4. The minimum atomic E-state index is -3.94. The summed E-state index contributed by atoms with van der Waals surface area (Å²) < 4.78 is 60.4. The Kier molecular flexibility index (Phi) is 7.54. The second kappa shape index (κ2) is 10.2. The van der Waals surface area contributed by atoms with E-state index in [0.29, 0.717) is 12.4 Å². The van der Waals surface area contributed by atoms with E-state index in [1.165, 1.54) is 48.5 Å². The van der Waals surface area contributed by atoms with Crippen LogP contribution in [0.3, 0.4) is 0 Å². The van der Waals surface area contributed by atoms with Gasteiger partial charge in [0.1, 0.15) is 5.75 Å². The fraction of sp³-hybridized carbons (Fsp3) is 0.200. The number of hydrogen-bond donors (Lipinski definition) is 2. The zero-order valence-electron chi connectivity index (χ0n) is 17.0. The maximum atomic E-state index is 12.6. The molecule has 3 rings (SSSR count). The first-order valence-corrected chi connectivity index (χ1v) is 12.9. The molecule has 12 heteroatoms. The van der Waals surface area contributed by atoms with Crippen LogP contribution in [0.1, 0.15) is 19.8 Å². The minimum Gasteiger partial charge on any atom is -0.494 e. The number of ether oxygens (including phenoxy) is 1. The van der Waals surface area contributed by atoms with E-state index in [1.54, 1.807) is 12.1 Å². The summed E-state index contributed by atoms with van der Waals surface area (Å²) >= 11 is 5.63. The topological polar surface area (TPSA) is 127 Å². The Hall–Kier alpha value is -2.89. The lowest BCUT2D eigenvalue weighted by Crippen LogP contribution is -2.15. The zero-order chi connectivity index (χ0) is 23.2. The summed E-state index contributed by atoms with van der Waals surface area (Å²) in [6.07, 6.45) is 1.91. The van der Waals surface area contributed by atoms with Crippen LogP contribution in [0, 0.1) is 0 Å². The van der Waals surface area contributed by atoms with Gasteiger partial charge >= 0.3 is 0 Å². The van der Waals surface area contributed by atoms with Crippen LogP contribution >= 0.6 is 11.6 Å². The molecule has 0 aliphatic carbocycles. The molecule has 170 valence electrons. The number of benzene rings is 2. The first-order valence-electron chi connectivity index (χ1n) is 9.57. The van der Waals surface area contributed by atoms with Crippen LogP contribution in [0.4, 0.5) is 11.5 Å². The Morgan fingerprint density at radius 1 is 0.812 bits per heavy atom. The standard InChI is InChI=1S/C20H21ClN4O5S2/c1-2-3-14-30-16-6-10-18(11-7-16)31(26,27)24-15-4-8-17(9-5-15)32(28,29)25-20-13-12-19(21)22-23-20/h4-13,24H,2-3,14H2,1H3,(H,23,25). The van der Waals surface area contributed by atoms with Gasteiger partial charge in [-0.2, -0.15) is 0 Å². The molecule has 0 aliphatic heterocycles. The molecule has 0 bridgehead atoms. The van der Waals surface area contributed by atoms with Gasteiger partial charge in [-0.05, 0) is 67.1 Å². The molecule has 0 saturated carbocycles. The number of nitrogens with one attached hydrogen (secondary N) is 2. The van der Waals surface area contributed by atoms with Gasteiger partial charge in [-0.15, -0.1) is 10.2 Å². The van der Waals surface area contributed by atoms with E-state index in [9.17, 15) is 16.8 Å². The van der Waals surface area contributed by atoms with Gasteiger partial charge in [0, 0.05) is 5.69 Å². The van der Waals surface area contributed by atoms with Crippen molar-refractivity contribution in [3.8, 4) is 5.75 Å². The number of halogens is 1. The molecule has 9 nitrogen and oxygen atoms in total. The van der Waals surface area contributed by atoms with Crippen molar-refractivity contribution in [2.45, 2.75) is 29.6 Å². The van der Waals surface area contributed by atoms with Gasteiger partial charge in [0.05, 0.1) is 16.4 Å². The van der Waals surface area contributed by atoms with Crippen molar-refractivity contribution in [2.75, 3.05) is 16.1 Å². The van der Waals surface area contributed by atoms with Crippen LogP contribution in [0.15, 0.2) is 70.5 Å². The number of sulfonamides is 2. The van der Waals surface area contributed by atoms with Crippen molar-refractivity contribution < 1.29 is 21.6 Å². The van der Waals surface area contributed by atoms with E-state index < -0.39 is 20.0 Å². The Bertz CT molecular complexity index is 1250. The molecule has 0 fully saturated rings. The van der Waals surface area contributed by atoms with Crippen LogP contribution in [0.2, 0.25) is 5.15 Å². The molecule has 32 heavy (non-hydrogen) atoms. The van der Waals surface area contributed by atoms with Crippen LogP contribution in [0.25, 0.3) is 0 Å². The number of unbranched alkanes of at least 4 members (excludes halogenated alkanes) is 1. The molecule has 0 saturated heterocycles. The Labute approximate surface area is 191 Å². The summed E-state index contributed by atoms with van der Waals surface area (Å²) in [5, 5.41) is 7.34. The molecule has 2 N–H and O–H groups in total. The van der Waals surface area contributed by atoms with Gasteiger partial charge in [-0.25, -0.2) is 16.8 Å². The van der Waals surface area contributed by atoms with Crippen LogP contribution in [0.5, 0.6) is 5.75 Å². The van der Waals surface area contributed by atoms with Crippen LogP contribution in [-0.4, -0.2) is 33.6 Å². The van der Waals surface area contributed by atoms with Gasteiger partial charge in [0.2, 0.25) is 0 Å². The first kappa shape index (κ1) is 23.8. The lowest BCUT2D eigenvalue weighted by atomic mass is 10.3. The lowest BCUT2D eigenvalue weighted by molar-refractivity contribution is 0.309. The van der Waals surface area contributed by atoms with Gasteiger partial charge in [-0.1, -0.05) is 24.9 Å². The van der Waals surface area contributed by atoms with E-state index in [4.69, 9.17) is 16.3 Å². The third-order valence-corrected chi connectivity index (χ3v) is 7.16. The quantitative estimate of drug-likeness (QED) is 0.407. The fourth-order valence-electron chi connectivity index (χ4n) is 2.53. The van der Waals surface area contributed by atoms with Crippen molar-refractivity contribution in [1.82, 2.24) is 10.2 Å². The van der Waals surface area contributed by atoms with E-state index in [-0.39, 0.29) is 26.4 Å². The molecular formula is C20H21ClN4O5S2. The molecule has 2 aromatic carbocycles. The summed E-state index contributed by atoms with van der Waals surface area (Å²) in [6.45, 7) is 2.62. The van der Waals surface area contributed by atoms with Crippen molar-refractivity contribution in [3.63, 3.8) is 0 Å². The molecule has 0 atom stereocenters. The highest BCUT2D eigenvalue weighted by Gasteiger charge is 2.17. The largest absolute Gasteiger partial charge is 0.494 e. The number of rotatable bonds is 10. The van der Waals surface area contributed by atoms with E-state index in [0.717, 1.165) is 12.8 Å². The number of hydrogen-bond acceptors (Lipinski definition) is 7.